The first-order valence-electron chi connectivity index (χ1n) is 10.4. The molecule has 2 saturated carbocycles. The summed E-state index contributed by atoms with van der Waals surface area (Å²) in [6, 6.07) is 1.96. The largest absolute Gasteiger partial charge is 0.351 e. The number of hydrogen-bond acceptors (Lipinski definition) is 4. The fourth-order valence-electron chi connectivity index (χ4n) is 4.22. The molecule has 2 N–H and O–H groups in total. The van der Waals surface area contributed by atoms with E-state index in [9.17, 15) is 14.4 Å². The standard InChI is InChI=1S/C20H29N5O3/c1-3-10-24-18(27)16-11-15(17(26)21-14-8-9-14)23-25(16)12-20(24,2)19(28)22-13-6-4-5-7-13/h11,13-14H,3-10,12H2,1-2H3,(H,21,26)(H,22,28). The SMILES string of the molecule is CCCN1C(=O)c2cc(C(=O)NC3CC3)nn2CC1(C)C(=O)NC1CCCC1. The smallest absolute Gasteiger partial charge is 0.273 e. The maximum atomic E-state index is 13.2. The average Bonchev–Trinajstić information content (AvgIpc) is 3.15. The lowest BCUT2D eigenvalue weighted by Crippen LogP contribution is -2.65. The van der Waals surface area contributed by atoms with Gasteiger partial charge in [0.1, 0.15) is 11.2 Å². The zero-order valence-corrected chi connectivity index (χ0v) is 16.7. The van der Waals surface area contributed by atoms with Crippen LogP contribution in [0, 0.1) is 0 Å². The molecule has 1 aromatic heterocycles. The highest BCUT2D eigenvalue weighted by Gasteiger charge is 2.48. The number of carbonyl (C=O) groups is 3. The first-order valence-corrected chi connectivity index (χ1v) is 10.4. The van der Waals surface area contributed by atoms with Crippen LogP contribution >= 0.6 is 0 Å². The van der Waals surface area contributed by atoms with Crippen LogP contribution in [0.1, 0.15) is 79.8 Å². The van der Waals surface area contributed by atoms with E-state index in [2.05, 4.69) is 15.7 Å². The summed E-state index contributed by atoms with van der Waals surface area (Å²) in [5.74, 6) is -0.627. The Labute approximate surface area is 165 Å². The van der Waals surface area contributed by atoms with Crippen LogP contribution in [-0.4, -0.2) is 56.6 Å². The Morgan fingerprint density at radius 3 is 2.50 bits per heavy atom. The molecule has 4 rings (SSSR count). The van der Waals surface area contributed by atoms with Gasteiger partial charge in [0.25, 0.3) is 11.8 Å². The highest BCUT2D eigenvalue weighted by molar-refractivity contribution is 6.02. The van der Waals surface area contributed by atoms with Crippen molar-refractivity contribution < 1.29 is 14.4 Å². The summed E-state index contributed by atoms with van der Waals surface area (Å²) < 4.78 is 1.53. The van der Waals surface area contributed by atoms with Crippen molar-refractivity contribution in [1.29, 1.82) is 0 Å². The Hall–Kier alpha value is -2.38. The van der Waals surface area contributed by atoms with Crippen molar-refractivity contribution in [3.05, 3.63) is 17.5 Å². The second-order valence-corrected chi connectivity index (χ2v) is 8.51. The fraction of sp³-hybridized carbons (Fsp3) is 0.700. The minimum Gasteiger partial charge on any atom is -0.351 e. The molecule has 0 spiro atoms. The topological polar surface area (TPSA) is 96.3 Å². The van der Waals surface area contributed by atoms with Gasteiger partial charge in [-0.25, -0.2) is 0 Å². The number of carbonyl (C=O) groups excluding carboxylic acids is 3. The predicted molar refractivity (Wildman–Crippen MR) is 103 cm³/mol. The molecule has 1 aromatic rings. The number of fused-ring (bicyclic) bond motifs is 1. The van der Waals surface area contributed by atoms with Crippen LogP contribution in [0.2, 0.25) is 0 Å². The molecule has 1 unspecified atom stereocenters. The zero-order valence-electron chi connectivity index (χ0n) is 16.7. The normalized spacial score (nSPS) is 24.9. The summed E-state index contributed by atoms with van der Waals surface area (Å²) in [7, 11) is 0. The molecule has 2 heterocycles. The van der Waals surface area contributed by atoms with E-state index < -0.39 is 5.54 Å². The van der Waals surface area contributed by atoms with Crippen molar-refractivity contribution in [3.63, 3.8) is 0 Å². The van der Waals surface area contributed by atoms with Crippen molar-refractivity contribution in [3.8, 4) is 0 Å². The van der Waals surface area contributed by atoms with Gasteiger partial charge in [-0.15, -0.1) is 0 Å². The number of rotatable bonds is 6. The van der Waals surface area contributed by atoms with Gasteiger partial charge in [0, 0.05) is 24.7 Å². The molecule has 1 atom stereocenters. The number of hydrogen-bond donors (Lipinski definition) is 2. The lowest BCUT2D eigenvalue weighted by Gasteiger charge is -2.43. The van der Waals surface area contributed by atoms with E-state index in [4.69, 9.17) is 0 Å². The number of amides is 3. The van der Waals surface area contributed by atoms with Crippen molar-refractivity contribution in [2.45, 2.75) is 83.0 Å². The monoisotopic (exact) mass is 387 g/mol. The molecule has 8 nitrogen and oxygen atoms in total. The second-order valence-electron chi connectivity index (χ2n) is 8.51. The van der Waals surface area contributed by atoms with E-state index in [1.807, 2.05) is 6.92 Å². The Morgan fingerprint density at radius 1 is 1.18 bits per heavy atom. The van der Waals surface area contributed by atoms with E-state index in [0.717, 1.165) is 44.9 Å². The molecule has 3 aliphatic rings. The van der Waals surface area contributed by atoms with Crippen LogP contribution in [0.15, 0.2) is 6.07 Å². The first kappa shape index (κ1) is 19.0. The first-order chi connectivity index (χ1) is 13.4. The van der Waals surface area contributed by atoms with Crippen LogP contribution < -0.4 is 10.6 Å². The third-order valence-corrected chi connectivity index (χ3v) is 6.07. The van der Waals surface area contributed by atoms with E-state index in [1.165, 1.54) is 4.68 Å². The third-order valence-electron chi connectivity index (χ3n) is 6.07. The van der Waals surface area contributed by atoms with Crippen molar-refractivity contribution >= 4 is 17.7 Å². The van der Waals surface area contributed by atoms with Gasteiger partial charge in [-0.1, -0.05) is 19.8 Å². The molecule has 8 heteroatoms. The van der Waals surface area contributed by atoms with E-state index in [-0.39, 0.29) is 42.0 Å². The van der Waals surface area contributed by atoms with Gasteiger partial charge in [-0.2, -0.15) is 5.10 Å². The summed E-state index contributed by atoms with van der Waals surface area (Å²) in [5.41, 5.74) is -0.397. The summed E-state index contributed by atoms with van der Waals surface area (Å²) in [5, 5.41) is 10.4. The fourth-order valence-corrected chi connectivity index (χ4v) is 4.22. The highest BCUT2D eigenvalue weighted by atomic mass is 16.2. The zero-order chi connectivity index (χ0) is 19.9. The molecule has 0 saturated heterocycles. The Bertz CT molecular complexity index is 794. The lowest BCUT2D eigenvalue weighted by molar-refractivity contribution is -0.133. The van der Waals surface area contributed by atoms with E-state index in [1.54, 1.807) is 17.9 Å². The predicted octanol–water partition coefficient (Wildman–Crippen LogP) is 1.46. The molecule has 0 aromatic carbocycles. The molecule has 3 amide bonds. The summed E-state index contributed by atoms with van der Waals surface area (Å²) in [6.45, 7) is 4.54. The Balaban J connectivity index is 1.60. The molecule has 0 radical (unpaired) electrons. The van der Waals surface area contributed by atoms with Crippen LogP contribution in [0.25, 0.3) is 0 Å². The molecule has 2 fully saturated rings. The number of nitrogens with one attached hydrogen (secondary N) is 2. The summed E-state index contributed by atoms with van der Waals surface area (Å²) in [4.78, 5) is 40.4. The quantitative estimate of drug-likeness (QED) is 0.772. The van der Waals surface area contributed by atoms with Crippen molar-refractivity contribution in [2.24, 2.45) is 0 Å². The van der Waals surface area contributed by atoms with E-state index in [0.29, 0.717) is 12.2 Å². The van der Waals surface area contributed by atoms with Gasteiger partial charge in [-0.05, 0) is 39.0 Å². The summed E-state index contributed by atoms with van der Waals surface area (Å²) >= 11 is 0. The Kier molecular flexibility index (Phi) is 4.89. The lowest BCUT2D eigenvalue weighted by atomic mass is 9.94. The van der Waals surface area contributed by atoms with Gasteiger partial charge in [0.15, 0.2) is 5.69 Å². The van der Waals surface area contributed by atoms with E-state index >= 15 is 0 Å². The minimum atomic E-state index is -1.01. The molecular weight excluding hydrogens is 358 g/mol. The molecule has 1 aliphatic heterocycles. The maximum Gasteiger partial charge on any atom is 0.273 e. The summed E-state index contributed by atoms with van der Waals surface area (Å²) in [6.07, 6.45) is 6.96. The second kappa shape index (κ2) is 7.22. The number of aromatic nitrogens is 2. The molecular formula is C20H29N5O3. The van der Waals surface area contributed by atoms with Crippen molar-refractivity contribution in [2.75, 3.05) is 6.54 Å². The van der Waals surface area contributed by atoms with Crippen molar-refractivity contribution in [1.82, 2.24) is 25.3 Å². The number of nitrogens with zero attached hydrogens (tertiary/aromatic N) is 3. The highest BCUT2D eigenvalue weighted by Crippen LogP contribution is 2.29. The van der Waals surface area contributed by atoms with Crippen LogP contribution in [0.5, 0.6) is 0 Å². The molecule has 0 bridgehead atoms. The molecule has 152 valence electrons. The van der Waals surface area contributed by atoms with Crippen LogP contribution in [0.4, 0.5) is 0 Å². The van der Waals surface area contributed by atoms with Crippen LogP contribution in [0.3, 0.4) is 0 Å². The van der Waals surface area contributed by atoms with Crippen LogP contribution in [-0.2, 0) is 11.3 Å². The Morgan fingerprint density at radius 2 is 1.86 bits per heavy atom. The maximum absolute atomic E-state index is 13.2. The minimum absolute atomic E-state index is 0.133. The van der Waals surface area contributed by atoms with Gasteiger partial charge < -0.3 is 15.5 Å². The van der Waals surface area contributed by atoms with Gasteiger partial charge >= 0.3 is 0 Å². The third kappa shape index (κ3) is 3.40. The molecule has 2 aliphatic carbocycles. The van der Waals surface area contributed by atoms with Gasteiger partial charge in [0.2, 0.25) is 5.91 Å². The molecule has 28 heavy (non-hydrogen) atoms. The average molecular weight is 387 g/mol. The van der Waals surface area contributed by atoms with Gasteiger partial charge in [-0.3, -0.25) is 19.1 Å². The van der Waals surface area contributed by atoms with Gasteiger partial charge in [0.05, 0.1) is 6.54 Å².